The molecule has 1 amide bonds. The van der Waals surface area contributed by atoms with Gasteiger partial charge in [-0.2, -0.15) is 0 Å². The maximum absolute atomic E-state index is 12.6. The highest BCUT2D eigenvalue weighted by atomic mass is 35.5. The van der Waals surface area contributed by atoms with Crippen LogP contribution in [0.3, 0.4) is 0 Å². The summed E-state index contributed by atoms with van der Waals surface area (Å²) in [7, 11) is -3.24. The van der Waals surface area contributed by atoms with Crippen molar-refractivity contribution in [1.29, 1.82) is 0 Å². The lowest BCUT2D eigenvalue weighted by Gasteiger charge is -2.31. The van der Waals surface area contributed by atoms with Crippen LogP contribution in [0.5, 0.6) is 0 Å². The Morgan fingerprint density at radius 3 is 2.80 bits per heavy atom. The first-order chi connectivity index (χ1) is 11.7. The molecule has 3 heterocycles. The third-order valence-electron chi connectivity index (χ3n) is 3.98. The van der Waals surface area contributed by atoms with E-state index in [1.165, 1.54) is 33.2 Å². The van der Waals surface area contributed by atoms with E-state index in [2.05, 4.69) is 10.3 Å². The second kappa shape index (κ2) is 7.32. The average molecular weight is 420 g/mol. The van der Waals surface area contributed by atoms with Crippen molar-refractivity contribution in [3.8, 4) is 9.88 Å². The molecule has 0 spiro atoms. The maximum Gasteiger partial charge on any atom is 0.263 e. The molecule has 136 valence electrons. The van der Waals surface area contributed by atoms with Gasteiger partial charge in [-0.3, -0.25) is 4.79 Å². The van der Waals surface area contributed by atoms with Crippen LogP contribution in [-0.4, -0.2) is 49.0 Å². The number of nitrogens with zero attached hydrogens (tertiary/aromatic N) is 2. The van der Waals surface area contributed by atoms with E-state index in [4.69, 9.17) is 11.6 Å². The third-order valence-corrected chi connectivity index (χ3v) is 7.80. The number of thiazole rings is 1. The highest BCUT2D eigenvalue weighted by Crippen LogP contribution is 2.35. The minimum atomic E-state index is -3.24. The predicted molar refractivity (Wildman–Crippen MR) is 102 cm³/mol. The number of hydrogen-bond acceptors (Lipinski definition) is 6. The number of nitrogens with one attached hydrogen (secondary N) is 1. The van der Waals surface area contributed by atoms with Crippen LogP contribution in [0.25, 0.3) is 9.88 Å². The van der Waals surface area contributed by atoms with Gasteiger partial charge in [-0.05, 0) is 31.9 Å². The number of amides is 1. The quantitative estimate of drug-likeness (QED) is 0.826. The summed E-state index contributed by atoms with van der Waals surface area (Å²) in [6.45, 7) is 2.62. The van der Waals surface area contributed by atoms with Crippen LogP contribution in [0.2, 0.25) is 4.34 Å². The summed E-state index contributed by atoms with van der Waals surface area (Å²) in [6.07, 6.45) is 2.70. The molecular weight excluding hydrogens is 402 g/mol. The Balaban J connectivity index is 1.72. The van der Waals surface area contributed by atoms with E-state index in [0.717, 1.165) is 22.7 Å². The van der Waals surface area contributed by atoms with Gasteiger partial charge in [0.05, 0.1) is 21.2 Å². The van der Waals surface area contributed by atoms with Gasteiger partial charge in [-0.1, -0.05) is 11.6 Å². The molecule has 0 aromatic carbocycles. The van der Waals surface area contributed by atoms with Gasteiger partial charge in [0, 0.05) is 19.1 Å². The van der Waals surface area contributed by atoms with Crippen LogP contribution in [-0.2, 0) is 10.0 Å². The van der Waals surface area contributed by atoms with Crippen LogP contribution in [0.4, 0.5) is 0 Å². The Labute approximate surface area is 159 Å². The van der Waals surface area contributed by atoms with Crippen LogP contribution in [0.1, 0.15) is 28.2 Å². The molecule has 1 saturated heterocycles. The molecule has 2 aromatic rings. The molecule has 1 unspecified atom stereocenters. The summed E-state index contributed by atoms with van der Waals surface area (Å²) < 4.78 is 25.5. The molecule has 0 radical (unpaired) electrons. The lowest BCUT2D eigenvalue weighted by Crippen LogP contribution is -2.49. The molecule has 3 rings (SSSR count). The summed E-state index contributed by atoms with van der Waals surface area (Å²) in [5, 5.41) is 3.72. The summed E-state index contributed by atoms with van der Waals surface area (Å²) >= 11 is 8.71. The number of halogens is 1. The van der Waals surface area contributed by atoms with Gasteiger partial charge in [-0.15, -0.1) is 22.7 Å². The number of carbonyl (C=O) groups excluding carboxylic acids is 1. The van der Waals surface area contributed by atoms with Gasteiger partial charge in [0.25, 0.3) is 5.91 Å². The molecule has 25 heavy (non-hydrogen) atoms. The average Bonchev–Trinajstić information content (AvgIpc) is 3.12. The van der Waals surface area contributed by atoms with Crippen LogP contribution < -0.4 is 5.32 Å². The van der Waals surface area contributed by atoms with E-state index in [1.54, 1.807) is 13.0 Å². The zero-order chi connectivity index (χ0) is 18.2. The first-order valence-electron chi connectivity index (χ1n) is 7.73. The summed E-state index contributed by atoms with van der Waals surface area (Å²) in [5.74, 6) is -0.204. The molecule has 0 saturated carbocycles. The largest absolute Gasteiger partial charge is 0.347 e. The molecule has 1 N–H and O–H groups in total. The topological polar surface area (TPSA) is 79.4 Å². The first-order valence-corrected chi connectivity index (χ1v) is 11.6. The Morgan fingerprint density at radius 2 is 2.16 bits per heavy atom. The molecular formula is C15H18ClN3O3S3. The Morgan fingerprint density at radius 1 is 1.40 bits per heavy atom. The van der Waals surface area contributed by atoms with E-state index in [9.17, 15) is 13.2 Å². The Bertz CT molecular complexity index is 891. The molecule has 6 nitrogen and oxygen atoms in total. The Hall–Kier alpha value is -1.00. The molecule has 1 aliphatic heterocycles. The second-order valence-electron chi connectivity index (χ2n) is 5.97. The van der Waals surface area contributed by atoms with Gasteiger partial charge >= 0.3 is 0 Å². The zero-order valence-electron chi connectivity index (χ0n) is 13.8. The fraction of sp³-hybridized carbons (Fsp3) is 0.467. The lowest BCUT2D eigenvalue weighted by molar-refractivity contribution is 0.0925. The van der Waals surface area contributed by atoms with Gasteiger partial charge in [0.15, 0.2) is 0 Å². The number of piperidine rings is 1. The molecule has 2 aromatic heterocycles. The van der Waals surface area contributed by atoms with E-state index >= 15 is 0 Å². The van der Waals surface area contributed by atoms with Crippen LogP contribution in [0, 0.1) is 6.92 Å². The van der Waals surface area contributed by atoms with Gasteiger partial charge in [-0.25, -0.2) is 17.7 Å². The van der Waals surface area contributed by atoms with Crippen molar-refractivity contribution in [2.45, 2.75) is 25.8 Å². The van der Waals surface area contributed by atoms with Gasteiger partial charge < -0.3 is 5.32 Å². The van der Waals surface area contributed by atoms with E-state index in [0.29, 0.717) is 28.0 Å². The smallest absolute Gasteiger partial charge is 0.263 e. The number of hydrogen-bond donors (Lipinski definition) is 1. The summed E-state index contributed by atoms with van der Waals surface area (Å²) in [4.78, 5) is 18.6. The fourth-order valence-electron chi connectivity index (χ4n) is 2.75. The van der Waals surface area contributed by atoms with Crippen LogP contribution in [0.15, 0.2) is 12.1 Å². The van der Waals surface area contributed by atoms with Crippen molar-refractivity contribution in [3.05, 3.63) is 27.0 Å². The van der Waals surface area contributed by atoms with Crippen molar-refractivity contribution < 1.29 is 13.2 Å². The number of carbonyl (C=O) groups is 1. The fourth-order valence-corrected chi connectivity index (χ4v) is 5.73. The minimum absolute atomic E-state index is 0.183. The molecule has 1 atom stereocenters. The molecule has 10 heteroatoms. The van der Waals surface area contributed by atoms with Crippen molar-refractivity contribution in [2.24, 2.45) is 0 Å². The van der Waals surface area contributed by atoms with Gasteiger partial charge in [0.1, 0.15) is 9.88 Å². The van der Waals surface area contributed by atoms with Crippen molar-refractivity contribution in [1.82, 2.24) is 14.6 Å². The van der Waals surface area contributed by atoms with Crippen molar-refractivity contribution in [2.75, 3.05) is 19.3 Å². The van der Waals surface area contributed by atoms with Crippen molar-refractivity contribution in [3.63, 3.8) is 0 Å². The number of rotatable bonds is 4. The molecule has 0 bridgehead atoms. The normalized spacial score (nSPS) is 19.1. The number of thiophene rings is 1. The maximum atomic E-state index is 12.6. The molecule has 1 aliphatic rings. The van der Waals surface area contributed by atoms with Gasteiger partial charge in [0.2, 0.25) is 10.0 Å². The zero-order valence-corrected chi connectivity index (χ0v) is 17.0. The SMILES string of the molecule is Cc1nc(-c2ccc(Cl)s2)sc1C(=O)NC1CCCN(S(C)(=O)=O)C1. The molecule has 1 fully saturated rings. The van der Waals surface area contributed by atoms with E-state index < -0.39 is 10.0 Å². The summed E-state index contributed by atoms with van der Waals surface area (Å²) in [5.41, 5.74) is 0.665. The lowest BCUT2D eigenvalue weighted by atomic mass is 10.1. The van der Waals surface area contributed by atoms with Crippen molar-refractivity contribution >= 4 is 50.2 Å². The second-order valence-corrected chi connectivity index (χ2v) is 10.7. The minimum Gasteiger partial charge on any atom is -0.347 e. The molecule has 0 aliphatic carbocycles. The van der Waals surface area contributed by atoms with E-state index in [-0.39, 0.29) is 11.9 Å². The number of sulfonamides is 1. The number of aromatic nitrogens is 1. The summed E-state index contributed by atoms with van der Waals surface area (Å²) in [6, 6.07) is 3.51. The monoisotopic (exact) mass is 419 g/mol. The highest BCUT2D eigenvalue weighted by Gasteiger charge is 2.28. The standard InChI is InChI=1S/C15H18ClN3O3S3/c1-9-13(24-15(17-9)11-5-6-12(16)23-11)14(20)18-10-4-3-7-19(8-10)25(2,21)22/h5-6,10H,3-4,7-8H2,1-2H3,(H,18,20). The third kappa shape index (κ3) is 4.40. The number of aryl methyl sites for hydroxylation is 1. The predicted octanol–water partition coefficient (Wildman–Crippen LogP) is 2.99. The van der Waals surface area contributed by atoms with E-state index in [1.807, 2.05) is 6.07 Å². The first kappa shape index (κ1) is 18.8. The Kier molecular flexibility index (Phi) is 5.50. The van der Waals surface area contributed by atoms with Crippen LogP contribution >= 0.6 is 34.3 Å². The highest BCUT2D eigenvalue weighted by molar-refractivity contribution is 7.88.